The van der Waals surface area contributed by atoms with E-state index in [2.05, 4.69) is 62.8 Å². The number of aromatic amines is 1. The molecule has 2 aromatic carbocycles. The molecule has 458 valence electrons. The second-order valence-electron chi connectivity index (χ2n) is 21.0. The summed E-state index contributed by atoms with van der Waals surface area (Å²) >= 11 is 0. The molecule has 28 heteroatoms. The van der Waals surface area contributed by atoms with Crippen molar-refractivity contribution in [2.24, 2.45) is 21.5 Å². The Hall–Kier alpha value is -9.05. The van der Waals surface area contributed by atoms with Crippen LogP contribution in [0.2, 0.25) is 0 Å². The van der Waals surface area contributed by atoms with Crippen LogP contribution < -0.4 is 59.3 Å². The number of aromatic nitrogens is 1. The summed E-state index contributed by atoms with van der Waals surface area (Å²) in [4.78, 5) is 167. The third-order valence-corrected chi connectivity index (χ3v) is 14.6. The molecule has 6 rings (SSSR count). The van der Waals surface area contributed by atoms with Crippen LogP contribution >= 0.6 is 0 Å². The van der Waals surface area contributed by atoms with Crippen molar-refractivity contribution in [2.45, 2.75) is 145 Å². The van der Waals surface area contributed by atoms with Gasteiger partial charge in [0.05, 0.1) is 13.2 Å². The Morgan fingerprint density at radius 2 is 1.38 bits per heavy atom. The SMILES string of the molecule is CNC(=O)[C@H](CO)NC(=O)[C@H](CO)NC(=O)[C@@H]1CCCN1C(=O)[C@@H]1CC(=O)CCCC[C@H](NC(C)=O)C(=O)N[C@@H](CC2=CCC=N2)C(=O)N[C@H](Cc2ccccc2)C(=O)N[C@@H](CCCN=C(N)N)C(=O)N[C@@H](Cc2c[nH]c3ccccc23)C(=O)N1. The number of fused-ring (bicyclic) bond motifs is 1. The topological polar surface area (TPSA) is 432 Å². The Labute approximate surface area is 490 Å². The molecule has 0 aliphatic carbocycles. The second kappa shape index (κ2) is 32.1. The highest BCUT2D eigenvalue weighted by Gasteiger charge is 2.41. The number of aliphatic hydroxyl groups excluding tert-OH is 2. The third-order valence-electron chi connectivity index (χ3n) is 14.6. The monoisotopic (exact) mass is 1180 g/mol. The maximum atomic E-state index is 15.1. The van der Waals surface area contributed by atoms with Gasteiger partial charge in [0, 0.05) is 94.6 Å². The zero-order chi connectivity index (χ0) is 61.6. The maximum absolute atomic E-state index is 15.1. The highest BCUT2D eigenvalue weighted by molar-refractivity contribution is 6.00. The van der Waals surface area contributed by atoms with Gasteiger partial charge in [-0.15, -0.1) is 0 Å². The minimum absolute atomic E-state index is 0.00760. The van der Waals surface area contributed by atoms with Gasteiger partial charge in [0.25, 0.3) is 0 Å². The van der Waals surface area contributed by atoms with E-state index in [1.807, 2.05) is 0 Å². The van der Waals surface area contributed by atoms with E-state index in [4.69, 9.17) is 11.5 Å². The number of ketones is 1. The van der Waals surface area contributed by atoms with Gasteiger partial charge in [-0.3, -0.25) is 62.7 Å². The molecule has 10 amide bonds. The van der Waals surface area contributed by atoms with E-state index in [1.165, 1.54) is 14.0 Å². The van der Waals surface area contributed by atoms with Crippen molar-refractivity contribution in [3.05, 3.63) is 83.7 Å². The molecular formula is C57H77N15O13. The van der Waals surface area contributed by atoms with E-state index < -0.39 is 139 Å². The highest BCUT2D eigenvalue weighted by Crippen LogP contribution is 2.23. The summed E-state index contributed by atoms with van der Waals surface area (Å²) < 4.78 is 0. The Morgan fingerprint density at radius 3 is 2.05 bits per heavy atom. The summed E-state index contributed by atoms with van der Waals surface area (Å²) in [5.74, 6) is -9.12. The molecule has 4 heterocycles. The number of amides is 10. The average molecular weight is 1180 g/mol. The molecule has 9 atom stereocenters. The smallest absolute Gasteiger partial charge is 0.246 e. The van der Waals surface area contributed by atoms with Crippen molar-refractivity contribution in [3.8, 4) is 0 Å². The van der Waals surface area contributed by atoms with Crippen LogP contribution in [-0.4, -0.2) is 185 Å². The summed E-state index contributed by atoms with van der Waals surface area (Å²) in [7, 11) is 1.28. The average Bonchev–Trinajstić information content (AvgIpc) is 4.40. The fraction of sp³-hybridized carbons (Fsp3) is 0.491. The number of hydrogen-bond donors (Lipinski definition) is 14. The number of aliphatic hydroxyl groups is 2. The summed E-state index contributed by atoms with van der Waals surface area (Å²) in [5.41, 5.74) is 13.6. The molecule has 0 saturated carbocycles. The van der Waals surface area contributed by atoms with E-state index >= 15 is 4.79 Å². The number of H-pyrrole nitrogens is 1. The predicted octanol–water partition coefficient (Wildman–Crippen LogP) is -3.09. The predicted molar refractivity (Wildman–Crippen MR) is 310 cm³/mol. The van der Waals surface area contributed by atoms with Crippen LogP contribution in [0, 0.1) is 0 Å². The molecule has 3 aromatic rings. The molecule has 2 saturated heterocycles. The van der Waals surface area contributed by atoms with E-state index in [9.17, 15) is 58.2 Å². The number of benzene rings is 2. The number of likely N-dealkylation sites (tertiary alicyclic amines) is 1. The van der Waals surface area contributed by atoms with Crippen molar-refractivity contribution < 1.29 is 63.0 Å². The zero-order valence-electron chi connectivity index (χ0n) is 47.5. The molecule has 0 radical (unpaired) electrons. The summed E-state index contributed by atoms with van der Waals surface area (Å²) in [6, 6.07) is 2.85. The number of guanidine groups is 1. The van der Waals surface area contributed by atoms with Gasteiger partial charge in [-0.25, -0.2) is 0 Å². The first-order valence-corrected chi connectivity index (χ1v) is 28.3. The Balaban J connectivity index is 1.39. The molecule has 85 heavy (non-hydrogen) atoms. The lowest BCUT2D eigenvalue weighted by Crippen LogP contribution is -2.61. The van der Waals surface area contributed by atoms with E-state index in [1.54, 1.807) is 73.1 Å². The number of para-hydroxylation sites is 1. The van der Waals surface area contributed by atoms with Crippen LogP contribution in [-0.2, 0) is 65.6 Å². The number of Topliss-reactive ketones (excluding diaryl/α,β-unsaturated/α-hetero) is 1. The molecule has 1 aromatic heterocycles. The Morgan fingerprint density at radius 1 is 0.741 bits per heavy atom. The molecule has 0 unspecified atom stereocenters. The second-order valence-corrected chi connectivity index (χ2v) is 21.0. The van der Waals surface area contributed by atoms with Crippen LogP contribution in [0.15, 0.2) is 82.6 Å². The number of carbonyl (C=O) groups excluding carboxylic acids is 11. The summed E-state index contributed by atoms with van der Waals surface area (Å²) in [6.07, 6.45) is 4.76. The number of aliphatic imine (C=N–C) groups is 2. The first-order valence-electron chi connectivity index (χ1n) is 28.3. The number of nitrogens with one attached hydrogen (secondary N) is 10. The fourth-order valence-electron chi connectivity index (χ4n) is 10.2. The van der Waals surface area contributed by atoms with E-state index in [-0.39, 0.29) is 89.7 Å². The van der Waals surface area contributed by atoms with Gasteiger partial charge in [-0.1, -0.05) is 61.0 Å². The van der Waals surface area contributed by atoms with Crippen molar-refractivity contribution in [3.63, 3.8) is 0 Å². The number of nitrogens with two attached hydrogens (primary N) is 2. The minimum Gasteiger partial charge on any atom is -0.394 e. The number of likely N-dealkylation sites (N-methyl/N-ethyl adjacent to an activating group) is 1. The number of nitrogens with zero attached hydrogens (tertiary/aromatic N) is 3. The number of hydrogen-bond acceptors (Lipinski definition) is 15. The molecular weight excluding hydrogens is 1100 g/mol. The summed E-state index contributed by atoms with van der Waals surface area (Å²) in [5, 5.41) is 43.9. The van der Waals surface area contributed by atoms with E-state index in [0.29, 0.717) is 34.1 Å². The fourth-order valence-corrected chi connectivity index (χ4v) is 10.2. The first kappa shape index (κ1) is 65.1. The Kier molecular flexibility index (Phi) is 24.6. The van der Waals surface area contributed by atoms with Gasteiger partial charge >= 0.3 is 0 Å². The zero-order valence-corrected chi connectivity index (χ0v) is 47.5. The molecule has 2 fully saturated rings. The standard InChI is InChI=1S/C57H77N15O13/c1-32(75)64-39-19-8-6-16-36(76)28-44(56(85)72-24-12-21-47(72)55(84)71-46(31-74)54(83)70-45(30-73)48(77)60-2)69-52(81)42(26-34-29-63-38-18-9-7-17-37(34)38)67-50(79)40(20-11-23-62-57(58)59)65-51(80)41(25-33-13-4-3-5-14-33)66-53(82)43(68-49(39)78)27-35-15-10-22-61-35/h3-5,7,9,13-15,17-18,22,29,39-47,63,73-74H,6,8,10-12,16,19-21,23-28,30-31H2,1-2H3,(H,60,77)(H,64,75)(H,65,80)(H,66,82)(H,67,79)(H,68,78)(H,69,81)(H,70,83)(H,71,84)(H4,58,59,62)/t39-,40-,41+,42-,43-,44-,45-,46-,47-/m0/s1. The van der Waals surface area contributed by atoms with Crippen LogP contribution in [0.25, 0.3) is 10.9 Å². The molecule has 3 aliphatic heterocycles. The Bertz CT molecular complexity index is 3000. The van der Waals surface area contributed by atoms with Crippen molar-refractivity contribution in [1.29, 1.82) is 0 Å². The van der Waals surface area contributed by atoms with Crippen molar-refractivity contribution in [1.82, 2.24) is 57.7 Å². The number of carbonyl (C=O) groups is 11. The van der Waals surface area contributed by atoms with Gasteiger partial charge in [0.1, 0.15) is 60.2 Å². The highest BCUT2D eigenvalue weighted by atomic mass is 16.3. The molecule has 28 nitrogen and oxygen atoms in total. The van der Waals surface area contributed by atoms with Gasteiger partial charge in [-0.05, 0) is 55.7 Å². The number of allylic oxidation sites excluding steroid dienone is 1. The van der Waals surface area contributed by atoms with Crippen LogP contribution in [0.1, 0.15) is 88.7 Å². The van der Waals surface area contributed by atoms with E-state index in [0.717, 1.165) is 4.90 Å². The van der Waals surface area contributed by atoms with Gasteiger partial charge in [0.15, 0.2) is 5.96 Å². The van der Waals surface area contributed by atoms with Gasteiger partial charge < -0.3 is 79.4 Å². The third kappa shape index (κ3) is 19.2. The lowest BCUT2D eigenvalue weighted by Gasteiger charge is -2.31. The van der Waals surface area contributed by atoms with Crippen LogP contribution in [0.4, 0.5) is 0 Å². The molecule has 3 aliphatic rings. The first-order chi connectivity index (χ1) is 40.8. The van der Waals surface area contributed by atoms with Gasteiger partial charge in [0.2, 0.25) is 59.1 Å². The van der Waals surface area contributed by atoms with Crippen LogP contribution in [0.3, 0.4) is 0 Å². The lowest BCUT2D eigenvalue weighted by molar-refractivity contribution is -0.143. The molecule has 0 spiro atoms. The quantitative estimate of drug-likeness (QED) is 0.0321. The van der Waals surface area contributed by atoms with Crippen LogP contribution in [0.5, 0.6) is 0 Å². The lowest BCUT2D eigenvalue weighted by atomic mass is 9.99. The summed E-state index contributed by atoms with van der Waals surface area (Å²) in [6.45, 7) is -0.598. The molecule has 16 N–H and O–H groups in total. The van der Waals surface area contributed by atoms with Crippen molar-refractivity contribution in [2.75, 3.05) is 33.4 Å². The van der Waals surface area contributed by atoms with Crippen molar-refractivity contribution >= 4 is 87.9 Å². The maximum Gasteiger partial charge on any atom is 0.246 e. The largest absolute Gasteiger partial charge is 0.394 e. The minimum atomic E-state index is -1.69. The molecule has 0 bridgehead atoms. The normalized spacial score (nSPS) is 22.8. The number of rotatable bonds is 19. The van der Waals surface area contributed by atoms with Gasteiger partial charge in [-0.2, -0.15) is 0 Å².